The highest BCUT2D eigenvalue weighted by atomic mass is 16.3. The highest BCUT2D eigenvalue weighted by Crippen LogP contribution is 2.21. The van der Waals surface area contributed by atoms with Crippen LogP contribution in [0.25, 0.3) is 10.9 Å². The Bertz CT molecular complexity index is 573. The fourth-order valence-electron chi connectivity index (χ4n) is 2.14. The minimum absolute atomic E-state index is 0.0901. The van der Waals surface area contributed by atoms with Crippen molar-refractivity contribution in [2.24, 2.45) is 0 Å². The van der Waals surface area contributed by atoms with Gasteiger partial charge in [-0.3, -0.25) is 4.79 Å². The summed E-state index contributed by atoms with van der Waals surface area (Å²) in [4.78, 5) is 11.9. The van der Waals surface area contributed by atoms with Gasteiger partial charge in [0.15, 0.2) is 0 Å². The zero-order valence-corrected chi connectivity index (χ0v) is 11.4. The van der Waals surface area contributed by atoms with Gasteiger partial charge in [0.1, 0.15) is 0 Å². The third-order valence-corrected chi connectivity index (χ3v) is 3.16. The molecule has 1 amide bonds. The summed E-state index contributed by atoms with van der Waals surface area (Å²) in [5.74, 6) is -0.0901. The summed E-state index contributed by atoms with van der Waals surface area (Å²) in [5, 5.41) is 12.6. The van der Waals surface area contributed by atoms with Gasteiger partial charge in [-0.05, 0) is 44.5 Å². The second-order valence-corrected chi connectivity index (χ2v) is 4.92. The lowest BCUT2D eigenvalue weighted by Gasteiger charge is -2.09. The molecule has 102 valence electrons. The number of hydrogen-bond acceptors (Lipinski definition) is 2. The van der Waals surface area contributed by atoms with Crippen LogP contribution >= 0.6 is 0 Å². The van der Waals surface area contributed by atoms with Crippen molar-refractivity contribution in [1.82, 2.24) is 9.88 Å². The van der Waals surface area contributed by atoms with Crippen molar-refractivity contribution in [3.8, 4) is 0 Å². The van der Waals surface area contributed by atoms with E-state index in [0.717, 1.165) is 10.9 Å². The van der Waals surface area contributed by atoms with Crippen molar-refractivity contribution in [3.05, 3.63) is 36.0 Å². The molecule has 19 heavy (non-hydrogen) atoms. The number of amides is 1. The van der Waals surface area contributed by atoms with Gasteiger partial charge in [0.2, 0.25) is 0 Å². The van der Waals surface area contributed by atoms with Crippen molar-refractivity contribution in [3.63, 3.8) is 0 Å². The van der Waals surface area contributed by atoms with Crippen LogP contribution in [0, 0.1) is 0 Å². The SMILES string of the molecule is CC(C)n1ccc2cc(C(=O)NCCCO)ccc21. The van der Waals surface area contributed by atoms with Crippen molar-refractivity contribution < 1.29 is 9.90 Å². The van der Waals surface area contributed by atoms with Gasteiger partial charge in [0.05, 0.1) is 0 Å². The Hall–Kier alpha value is -1.81. The minimum atomic E-state index is -0.0901. The molecule has 0 saturated carbocycles. The highest BCUT2D eigenvalue weighted by Gasteiger charge is 2.08. The first kappa shape index (κ1) is 13.6. The maximum atomic E-state index is 11.9. The van der Waals surface area contributed by atoms with Gasteiger partial charge < -0.3 is 15.0 Å². The van der Waals surface area contributed by atoms with Crippen LogP contribution < -0.4 is 5.32 Å². The number of nitrogens with one attached hydrogen (secondary N) is 1. The summed E-state index contributed by atoms with van der Waals surface area (Å²) in [6.07, 6.45) is 2.63. The van der Waals surface area contributed by atoms with E-state index >= 15 is 0 Å². The smallest absolute Gasteiger partial charge is 0.251 e. The number of nitrogens with zero attached hydrogens (tertiary/aromatic N) is 1. The molecule has 0 aliphatic carbocycles. The number of benzene rings is 1. The fraction of sp³-hybridized carbons (Fsp3) is 0.400. The van der Waals surface area contributed by atoms with E-state index in [2.05, 4.69) is 23.7 Å². The molecule has 0 unspecified atom stereocenters. The maximum absolute atomic E-state index is 11.9. The number of fused-ring (bicyclic) bond motifs is 1. The fourth-order valence-corrected chi connectivity index (χ4v) is 2.14. The molecule has 1 aromatic carbocycles. The van der Waals surface area contributed by atoms with E-state index in [4.69, 9.17) is 5.11 Å². The Kier molecular flexibility index (Phi) is 4.22. The van der Waals surface area contributed by atoms with Gasteiger partial charge in [-0.2, -0.15) is 0 Å². The van der Waals surface area contributed by atoms with E-state index in [-0.39, 0.29) is 12.5 Å². The maximum Gasteiger partial charge on any atom is 0.251 e. The van der Waals surface area contributed by atoms with Crippen molar-refractivity contribution >= 4 is 16.8 Å². The van der Waals surface area contributed by atoms with Crippen LogP contribution in [0.15, 0.2) is 30.5 Å². The lowest BCUT2D eigenvalue weighted by atomic mass is 10.1. The average molecular weight is 260 g/mol. The predicted molar refractivity (Wildman–Crippen MR) is 76.4 cm³/mol. The summed E-state index contributed by atoms with van der Waals surface area (Å²) in [6, 6.07) is 8.16. The molecule has 1 heterocycles. The average Bonchev–Trinajstić information content (AvgIpc) is 2.81. The van der Waals surface area contributed by atoms with Gasteiger partial charge in [-0.15, -0.1) is 0 Å². The van der Waals surface area contributed by atoms with E-state index in [1.807, 2.05) is 30.5 Å². The second-order valence-electron chi connectivity index (χ2n) is 4.92. The molecule has 2 aromatic rings. The number of carbonyl (C=O) groups excluding carboxylic acids is 1. The van der Waals surface area contributed by atoms with Gasteiger partial charge in [-0.1, -0.05) is 0 Å². The Morgan fingerprint density at radius 2 is 2.16 bits per heavy atom. The number of hydrogen-bond donors (Lipinski definition) is 2. The quantitative estimate of drug-likeness (QED) is 0.811. The minimum Gasteiger partial charge on any atom is -0.396 e. The molecule has 4 nitrogen and oxygen atoms in total. The normalized spacial score (nSPS) is 11.2. The largest absolute Gasteiger partial charge is 0.396 e. The van der Waals surface area contributed by atoms with Gasteiger partial charge in [0, 0.05) is 41.9 Å². The molecule has 0 saturated heterocycles. The van der Waals surface area contributed by atoms with E-state index in [1.165, 1.54) is 0 Å². The summed E-state index contributed by atoms with van der Waals surface area (Å²) in [5.41, 5.74) is 1.80. The third-order valence-electron chi connectivity index (χ3n) is 3.16. The van der Waals surface area contributed by atoms with E-state index in [0.29, 0.717) is 24.6 Å². The first-order chi connectivity index (χ1) is 9.13. The lowest BCUT2D eigenvalue weighted by Crippen LogP contribution is -2.24. The van der Waals surface area contributed by atoms with Crippen LogP contribution in [0.1, 0.15) is 36.7 Å². The van der Waals surface area contributed by atoms with Crippen LogP contribution in [0.4, 0.5) is 0 Å². The molecule has 0 bridgehead atoms. The van der Waals surface area contributed by atoms with Gasteiger partial charge in [0.25, 0.3) is 5.91 Å². The first-order valence-corrected chi connectivity index (χ1v) is 6.63. The van der Waals surface area contributed by atoms with Crippen molar-refractivity contribution in [1.29, 1.82) is 0 Å². The van der Waals surface area contributed by atoms with Crippen LogP contribution in [0.2, 0.25) is 0 Å². The van der Waals surface area contributed by atoms with Crippen LogP contribution in [-0.4, -0.2) is 28.7 Å². The van der Waals surface area contributed by atoms with Crippen LogP contribution in [-0.2, 0) is 0 Å². The number of carbonyl (C=O) groups is 1. The second kappa shape index (κ2) is 5.89. The molecule has 4 heteroatoms. The van der Waals surface area contributed by atoms with Crippen molar-refractivity contribution in [2.45, 2.75) is 26.3 Å². The molecule has 1 aromatic heterocycles. The predicted octanol–water partition coefficient (Wildman–Crippen LogP) is 2.33. The summed E-state index contributed by atoms with van der Waals surface area (Å²) < 4.78 is 2.18. The molecule has 0 fully saturated rings. The highest BCUT2D eigenvalue weighted by molar-refractivity contribution is 5.98. The number of aromatic nitrogens is 1. The van der Waals surface area contributed by atoms with E-state index in [9.17, 15) is 4.79 Å². The number of aliphatic hydroxyl groups is 1. The Morgan fingerprint density at radius 3 is 2.84 bits per heavy atom. The molecular weight excluding hydrogens is 240 g/mol. The van der Waals surface area contributed by atoms with Crippen molar-refractivity contribution in [2.75, 3.05) is 13.2 Å². The zero-order chi connectivity index (χ0) is 13.8. The molecule has 0 spiro atoms. The Morgan fingerprint density at radius 1 is 1.37 bits per heavy atom. The first-order valence-electron chi connectivity index (χ1n) is 6.63. The van der Waals surface area contributed by atoms with Gasteiger partial charge >= 0.3 is 0 Å². The summed E-state index contributed by atoms with van der Waals surface area (Å²) in [6.45, 7) is 4.86. The lowest BCUT2D eigenvalue weighted by molar-refractivity contribution is 0.0951. The standard InChI is InChI=1S/C15H20N2O2/c1-11(2)17-8-6-12-10-13(4-5-14(12)17)15(19)16-7-3-9-18/h4-6,8,10-11,18H,3,7,9H2,1-2H3,(H,16,19). The topological polar surface area (TPSA) is 54.3 Å². The Balaban J connectivity index is 2.20. The third kappa shape index (κ3) is 2.96. The zero-order valence-electron chi connectivity index (χ0n) is 11.4. The summed E-state index contributed by atoms with van der Waals surface area (Å²) in [7, 11) is 0. The monoisotopic (exact) mass is 260 g/mol. The van der Waals surface area contributed by atoms with E-state index < -0.39 is 0 Å². The number of aliphatic hydroxyl groups excluding tert-OH is 1. The van der Waals surface area contributed by atoms with Crippen LogP contribution in [0.3, 0.4) is 0 Å². The number of rotatable bonds is 5. The molecule has 2 N–H and O–H groups in total. The molecule has 0 aliphatic rings. The van der Waals surface area contributed by atoms with Gasteiger partial charge in [-0.25, -0.2) is 0 Å². The molecular formula is C15H20N2O2. The van der Waals surface area contributed by atoms with E-state index in [1.54, 1.807) is 0 Å². The molecule has 0 aliphatic heterocycles. The molecule has 2 rings (SSSR count). The molecule has 0 atom stereocenters. The Labute approximate surface area is 113 Å². The van der Waals surface area contributed by atoms with Crippen LogP contribution in [0.5, 0.6) is 0 Å². The summed E-state index contributed by atoms with van der Waals surface area (Å²) >= 11 is 0. The molecule has 0 radical (unpaired) electrons.